The molecule has 0 radical (unpaired) electrons. The van der Waals surface area contributed by atoms with Crippen LogP contribution < -0.4 is 10.6 Å². The van der Waals surface area contributed by atoms with E-state index in [-0.39, 0.29) is 24.4 Å². The third kappa shape index (κ3) is 3.14. The lowest BCUT2D eigenvalue weighted by Crippen LogP contribution is -2.54. The number of nitrogens with one attached hydrogen (secondary N) is 2. The van der Waals surface area contributed by atoms with Crippen molar-refractivity contribution >= 4 is 17.6 Å². The maximum atomic E-state index is 12.7. The molecule has 142 valence electrons. The van der Waals surface area contributed by atoms with Crippen LogP contribution in [0.15, 0.2) is 28.8 Å². The Hall–Kier alpha value is -2.94. The number of para-hydroxylation sites is 1. The smallest absolute Gasteiger partial charge is 0.317 e. The fourth-order valence-electron chi connectivity index (χ4n) is 3.86. The summed E-state index contributed by atoms with van der Waals surface area (Å²) in [5, 5.41) is 18.4. The third-order valence-corrected chi connectivity index (χ3v) is 5.18. The number of hydrogen-bond donors (Lipinski definition) is 3. The molecule has 3 heterocycles. The molecule has 1 aromatic heterocycles. The third-order valence-electron chi connectivity index (χ3n) is 5.18. The molecule has 2 aromatic rings. The van der Waals surface area contributed by atoms with Gasteiger partial charge in [-0.15, -0.1) is 0 Å². The molecule has 3 amide bonds. The van der Waals surface area contributed by atoms with E-state index in [4.69, 9.17) is 9.63 Å². The minimum Gasteiger partial charge on any atom is -0.387 e. The van der Waals surface area contributed by atoms with Gasteiger partial charge in [-0.2, -0.15) is 4.98 Å². The maximum absolute atomic E-state index is 12.7. The number of piperidine rings is 1. The standard InChI is InChI=1S/C18H21N5O4/c24-10-15-21-14(22-27-15)6-8-19-17(26)23-9-3-7-18(11-23)12-4-1-2-5-13(12)20-16(18)25/h1-2,4-5,24H,3,6-11H2,(H,19,26)(H,20,25)/t18-/m1/s1. The van der Waals surface area contributed by atoms with Crippen molar-refractivity contribution in [1.29, 1.82) is 0 Å². The van der Waals surface area contributed by atoms with Crippen molar-refractivity contribution in [3.8, 4) is 0 Å². The Morgan fingerprint density at radius 3 is 3.07 bits per heavy atom. The second-order valence-electron chi connectivity index (χ2n) is 6.85. The number of aromatic nitrogens is 2. The molecule has 2 aliphatic heterocycles. The van der Waals surface area contributed by atoms with Crippen molar-refractivity contribution in [1.82, 2.24) is 20.4 Å². The first-order valence-corrected chi connectivity index (χ1v) is 8.98. The number of amides is 3. The van der Waals surface area contributed by atoms with Gasteiger partial charge in [0.05, 0.1) is 5.41 Å². The van der Waals surface area contributed by atoms with Crippen LogP contribution in [0.4, 0.5) is 10.5 Å². The molecule has 1 fully saturated rings. The Morgan fingerprint density at radius 1 is 1.41 bits per heavy atom. The summed E-state index contributed by atoms with van der Waals surface area (Å²) < 4.78 is 4.82. The summed E-state index contributed by atoms with van der Waals surface area (Å²) in [4.78, 5) is 31.0. The molecular formula is C18H21N5O4. The highest BCUT2D eigenvalue weighted by molar-refractivity contribution is 6.06. The van der Waals surface area contributed by atoms with Gasteiger partial charge in [0, 0.05) is 31.7 Å². The molecule has 9 heteroatoms. The minimum absolute atomic E-state index is 0.0375. The molecule has 27 heavy (non-hydrogen) atoms. The SMILES string of the molecule is O=C(NCCc1noc(CO)n1)N1CCC[C@]2(C1)C(=O)Nc1ccccc12. The molecule has 0 unspecified atom stereocenters. The number of aliphatic hydroxyl groups is 1. The Labute approximate surface area is 155 Å². The minimum atomic E-state index is -0.671. The van der Waals surface area contributed by atoms with E-state index in [1.54, 1.807) is 4.90 Å². The lowest BCUT2D eigenvalue weighted by atomic mass is 9.75. The topological polar surface area (TPSA) is 121 Å². The van der Waals surface area contributed by atoms with Crippen LogP contribution in [0.5, 0.6) is 0 Å². The van der Waals surface area contributed by atoms with Gasteiger partial charge in [0.2, 0.25) is 5.91 Å². The Morgan fingerprint density at radius 2 is 2.26 bits per heavy atom. The highest BCUT2D eigenvalue weighted by Crippen LogP contribution is 2.43. The summed E-state index contributed by atoms with van der Waals surface area (Å²) in [6.45, 7) is 1.01. The van der Waals surface area contributed by atoms with Crippen LogP contribution >= 0.6 is 0 Å². The number of hydrogen-bond acceptors (Lipinski definition) is 6. The Balaban J connectivity index is 1.39. The van der Waals surface area contributed by atoms with Gasteiger partial charge in [-0.1, -0.05) is 23.4 Å². The quantitative estimate of drug-likeness (QED) is 0.731. The normalized spacial score (nSPS) is 21.2. The molecule has 0 saturated carbocycles. The van der Waals surface area contributed by atoms with Gasteiger partial charge in [-0.3, -0.25) is 4.79 Å². The number of carbonyl (C=O) groups is 2. The van der Waals surface area contributed by atoms with E-state index in [1.807, 2.05) is 24.3 Å². The van der Waals surface area contributed by atoms with Crippen LogP contribution in [-0.4, -0.2) is 51.7 Å². The van der Waals surface area contributed by atoms with E-state index in [0.717, 1.165) is 24.1 Å². The molecule has 0 aliphatic carbocycles. The lowest BCUT2D eigenvalue weighted by Gasteiger charge is -2.39. The molecule has 9 nitrogen and oxygen atoms in total. The molecular weight excluding hydrogens is 350 g/mol. The van der Waals surface area contributed by atoms with Crippen molar-refractivity contribution in [3.05, 3.63) is 41.5 Å². The zero-order valence-corrected chi connectivity index (χ0v) is 14.8. The van der Waals surface area contributed by atoms with E-state index in [0.29, 0.717) is 31.9 Å². The van der Waals surface area contributed by atoms with Crippen LogP contribution in [-0.2, 0) is 23.2 Å². The largest absolute Gasteiger partial charge is 0.387 e. The molecule has 1 saturated heterocycles. The van der Waals surface area contributed by atoms with Gasteiger partial charge in [0.1, 0.15) is 6.61 Å². The summed E-state index contributed by atoms with van der Waals surface area (Å²) in [5.41, 5.74) is 1.13. The van der Waals surface area contributed by atoms with Crippen molar-refractivity contribution in [3.63, 3.8) is 0 Å². The predicted octanol–water partition coefficient (Wildman–Crippen LogP) is 0.800. The van der Waals surface area contributed by atoms with Crippen molar-refractivity contribution in [2.75, 3.05) is 25.0 Å². The molecule has 4 rings (SSSR count). The average molecular weight is 371 g/mol. The van der Waals surface area contributed by atoms with Crippen LogP contribution in [0.25, 0.3) is 0 Å². The first-order chi connectivity index (χ1) is 13.1. The number of likely N-dealkylation sites (tertiary alicyclic amines) is 1. The van der Waals surface area contributed by atoms with Gasteiger partial charge in [0.25, 0.3) is 5.89 Å². The van der Waals surface area contributed by atoms with Crippen molar-refractivity contribution < 1.29 is 19.2 Å². The van der Waals surface area contributed by atoms with Gasteiger partial charge in [0.15, 0.2) is 5.82 Å². The number of fused-ring (bicyclic) bond motifs is 2. The second kappa shape index (κ2) is 6.99. The number of nitrogens with zero attached hydrogens (tertiary/aromatic N) is 3. The van der Waals surface area contributed by atoms with Crippen LogP contribution in [0.2, 0.25) is 0 Å². The molecule has 0 bridgehead atoms. The molecule has 2 aliphatic rings. The fraction of sp³-hybridized carbons (Fsp3) is 0.444. The summed E-state index contributed by atoms with van der Waals surface area (Å²) in [6, 6.07) is 7.46. The number of benzene rings is 1. The van der Waals surface area contributed by atoms with Gasteiger partial charge in [-0.25, -0.2) is 4.79 Å². The van der Waals surface area contributed by atoms with E-state index in [9.17, 15) is 9.59 Å². The monoisotopic (exact) mass is 371 g/mol. The van der Waals surface area contributed by atoms with E-state index >= 15 is 0 Å². The first-order valence-electron chi connectivity index (χ1n) is 8.98. The first kappa shape index (κ1) is 17.5. The van der Waals surface area contributed by atoms with Gasteiger partial charge >= 0.3 is 6.03 Å². The Bertz CT molecular complexity index is 867. The number of anilines is 1. The highest BCUT2D eigenvalue weighted by atomic mass is 16.5. The highest BCUT2D eigenvalue weighted by Gasteiger charge is 2.49. The fourth-order valence-corrected chi connectivity index (χ4v) is 3.86. The number of urea groups is 1. The van der Waals surface area contributed by atoms with E-state index in [2.05, 4.69) is 20.8 Å². The molecule has 1 spiro atoms. The van der Waals surface area contributed by atoms with Crippen molar-refractivity contribution in [2.24, 2.45) is 0 Å². The molecule has 1 aromatic carbocycles. The van der Waals surface area contributed by atoms with Crippen molar-refractivity contribution in [2.45, 2.75) is 31.3 Å². The zero-order chi connectivity index (χ0) is 18.9. The van der Waals surface area contributed by atoms with Crippen LogP contribution in [0.1, 0.15) is 30.1 Å². The second-order valence-corrected chi connectivity index (χ2v) is 6.85. The van der Waals surface area contributed by atoms with Crippen LogP contribution in [0.3, 0.4) is 0 Å². The number of carbonyl (C=O) groups excluding carboxylic acids is 2. The number of aliphatic hydroxyl groups excluding tert-OH is 1. The molecule has 1 atom stereocenters. The molecule has 3 N–H and O–H groups in total. The summed E-state index contributed by atoms with van der Waals surface area (Å²) in [6.07, 6.45) is 1.89. The average Bonchev–Trinajstić information content (AvgIpc) is 3.25. The zero-order valence-electron chi connectivity index (χ0n) is 14.8. The van der Waals surface area contributed by atoms with E-state index in [1.165, 1.54) is 0 Å². The van der Waals surface area contributed by atoms with Gasteiger partial charge in [-0.05, 0) is 24.5 Å². The lowest BCUT2D eigenvalue weighted by molar-refractivity contribution is -0.122. The maximum Gasteiger partial charge on any atom is 0.317 e. The summed E-state index contributed by atoms with van der Waals surface area (Å²) in [7, 11) is 0. The predicted molar refractivity (Wildman–Crippen MR) is 94.9 cm³/mol. The number of rotatable bonds is 4. The van der Waals surface area contributed by atoms with Crippen LogP contribution in [0, 0.1) is 0 Å². The summed E-state index contributed by atoms with van der Waals surface area (Å²) in [5.74, 6) is 0.545. The van der Waals surface area contributed by atoms with E-state index < -0.39 is 5.41 Å². The Kier molecular flexibility index (Phi) is 4.53. The summed E-state index contributed by atoms with van der Waals surface area (Å²) >= 11 is 0. The van der Waals surface area contributed by atoms with Gasteiger partial charge < -0.3 is 25.2 Å².